The molecule has 0 radical (unpaired) electrons. The van der Waals surface area contributed by atoms with Crippen LogP contribution in [-0.4, -0.2) is 30.6 Å². The highest BCUT2D eigenvalue weighted by molar-refractivity contribution is 6.42. The van der Waals surface area contributed by atoms with Crippen molar-refractivity contribution in [3.05, 3.63) is 33.8 Å². The number of hydrogen-bond acceptors (Lipinski definition) is 1. The molecule has 0 aliphatic rings. The first-order valence-electron chi connectivity index (χ1n) is 4.98. The zero-order chi connectivity index (χ0) is 13.9. The van der Waals surface area contributed by atoms with Crippen LogP contribution in [0.3, 0.4) is 0 Å². The predicted molar refractivity (Wildman–Crippen MR) is 63.9 cm³/mol. The second-order valence-electron chi connectivity index (χ2n) is 3.72. The van der Waals surface area contributed by atoms with E-state index < -0.39 is 12.1 Å². The van der Waals surface area contributed by atoms with Gasteiger partial charge in [0.15, 0.2) is 0 Å². The summed E-state index contributed by atoms with van der Waals surface area (Å²) in [6, 6.07) is 4.78. The Labute approximate surface area is 112 Å². The van der Waals surface area contributed by atoms with E-state index in [0.29, 0.717) is 20.5 Å². The van der Waals surface area contributed by atoms with Crippen LogP contribution in [0.2, 0.25) is 10.0 Å². The van der Waals surface area contributed by atoms with Gasteiger partial charge in [-0.3, -0.25) is 4.79 Å². The fraction of sp³-hybridized carbons (Fsp3) is 0.364. The third-order valence-corrected chi connectivity index (χ3v) is 3.05. The van der Waals surface area contributed by atoms with Crippen molar-refractivity contribution in [3.63, 3.8) is 0 Å². The summed E-state index contributed by atoms with van der Waals surface area (Å²) in [7, 11) is 1.10. The topological polar surface area (TPSA) is 20.3 Å². The molecule has 0 aromatic heterocycles. The van der Waals surface area contributed by atoms with E-state index in [-0.39, 0.29) is 13.0 Å². The number of hydrogen-bond donors (Lipinski definition) is 0. The Morgan fingerprint density at radius 3 is 2.39 bits per heavy atom. The molecule has 0 heterocycles. The maximum absolute atomic E-state index is 12.1. The van der Waals surface area contributed by atoms with Crippen LogP contribution in [-0.2, 0) is 11.2 Å². The molecule has 0 N–H and O–H groups in total. The number of benzene rings is 1. The Bertz CT molecular complexity index is 448. The van der Waals surface area contributed by atoms with Crippen LogP contribution in [0.5, 0.6) is 0 Å². The second-order valence-corrected chi connectivity index (χ2v) is 4.54. The number of nitrogens with zero attached hydrogens (tertiary/aromatic N) is 1. The van der Waals surface area contributed by atoms with Gasteiger partial charge in [-0.2, -0.15) is 13.2 Å². The van der Waals surface area contributed by atoms with Crippen LogP contribution in [0.25, 0.3) is 0 Å². The Kier molecular flexibility index (Phi) is 4.87. The van der Waals surface area contributed by atoms with Crippen LogP contribution >= 0.6 is 23.2 Å². The molecule has 1 rings (SSSR count). The normalized spacial score (nSPS) is 11.4. The van der Waals surface area contributed by atoms with Crippen LogP contribution in [0.15, 0.2) is 18.2 Å². The minimum atomic E-state index is -4.84. The minimum Gasteiger partial charge on any atom is -0.338 e. The molecule has 1 aromatic rings. The molecule has 0 aliphatic heterocycles. The molecule has 0 atom stereocenters. The first kappa shape index (κ1) is 15.1. The van der Waals surface area contributed by atoms with Crippen molar-refractivity contribution in [2.75, 3.05) is 13.6 Å². The summed E-state index contributed by atoms with van der Waals surface area (Å²) in [5.74, 6) is -1.86. The number of alkyl halides is 3. The molecular formula is C11H10Cl2F3NO. The van der Waals surface area contributed by atoms with Crippen LogP contribution in [0, 0.1) is 0 Å². The molecule has 1 amide bonds. The lowest BCUT2D eigenvalue weighted by molar-refractivity contribution is -0.184. The molecule has 100 valence electrons. The maximum Gasteiger partial charge on any atom is 0.471 e. The average molecular weight is 300 g/mol. The van der Waals surface area contributed by atoms with Gasteiger partial charge in [-0.05, 0) is 24.1 Å². The number of carbonyl (C=O) groups excluding carboxylic acids is 1. The number of amides is 1. The third kappa shape index (κ3) is 4.07. The van der Waals surface area contributed by atoms with Gasteiger partial charge in [0.1, 0.15) is 0 Å². The van der Waals surface area contributed by atoms with Gasteiger partial charge in [0.2, 0.25) is 0 Å². The van der Waals surface area contributed by atoms with Crippen LogP contribution in [0.4, 0.5) is 13.2 Å². The molecule has 0 bridgehead atoms. The van der Waals surface area contributed by atoms with Gasteiger partial charge >= 0.3 is 12.1 Å². The molecule has 18 heavy (non-hydrogen) atoms. The standard InChI is InChI=1S/C11H10Cl2F3NO/c1-17(10(18)11(14,15)16)5-4-7-2-3-8(12)9(13)6-7/h2-3,6H,4-5H2,1H3. The van der Waals surface area contributed by atoms with E-state index >= 15 is 0 Å². The zero-order valence-electron chi connectivity index (χ0n) is 9.39. The Morgan fingerprint density at radius 1 is 1.28 bits per heavy atom. The molecule has 1 aromatic carbocycles. The highest BCUT2D eigenvalue weighted by atomic mass is 35.5. The molecule has 0 unspecified atom stereocenters. The quantitative estimate of drug-likeness (QED) is 0.836. The molecular weight excluding hydrogens is 290 g/mol. The summed E-state index contributed by atoms with van der Waals surface area (Å²) in [5, 5.41) is 0.708. The molecule has 0 fully saturated rings. The summed E-state index contributed by atoms with van der Waals surface area (Å²) >= 11 is 11.5. The van der Waals surface area contributed by atoms with E-state index in [4.69, 9.17) is 23.2 Å². The minimum absolute atomic E-state index is 0.0453. The summed E-state index contributed by atoms with van der Waals surface area (Å²) < 4.78 is 36.3. The van der Waals surface area contributed by atoms with E-state index in [2.05, 4.69) is 0 Å². The Hall–Kier alpha value is -0.940. The van der Waals surface area contributed by atoms with Gasteiger partial charge in [0.05, 0.1) is 10.0 Å². The summed E-state index contributed by atoms with van der Waals surface area (Å²) in [5.41, 5.74) is 0.714. The SMILES string of the molecule is CN(CCc1ccc(Cl)c(Cl)c1)C(=O)C(F)(F)F. The van der Waals surface area contributed by atoms with Crippen molar-refractivity contribution < 1.29 is 18.0 Å². The fourth-order valence-corrected chi connectivity index (χ4v) is 1.63. The van der Waals surface area contributed by atoms with Crippen molar-refractivity contribution in [1.82, 2.24) is 4.90 Å². The first-order chi connectivity index (χ1) is 8.21. The van der Waals surface area contributed by atoms with Crippen LogP contribution < -0.4 is 0 Å². The maximum atomic E-state index is 12.1. The fourth-order valence-electron chi connectivity index (χ4n) is 1.31. The van der Waals surface area contributed by atoms with Crippen LogP contribution in [0.1, 0.15) is 5.56 Å². The smallest absolute Gasteiger partial charge is 0.338 e. The van der Waals surface area contributed by atoms with Gasteiger partial charge in [-0.25, -0.2) is 0 Å². The number of carbonyl (C=O) groups is 1. The number of rotatable bonds is 3. The molecule has 0 saturated heterocycles. The predicted octanol–water partition coefficient (Wildman–Crippen LogP) is 3.56. The van der Waals surface area contributed by atoms with E-state index in [1.54, 1.807) is 18.2 Å². The van der Waals surface area contributed by atoms with Crippen molar-refractivity contribution in [2.24, 2.45) is 0 Å². The van der Waals surface area contributed by atoms with Crippen molar-refractivity contribution in [1.29, 1.82) is 0 Å². The molecule has 0 spiro atoms. The van der Waals surface area contributed by atoms with Gasteiger partial charge in [-0.1, -0.05) is 29.3 Å². The van der Waals surface area contributed by atoms with Crippen molar-refractivity contribution in [2.45, 2.75) is 12.6 Å². The zero-order valence-corrected chi connectivity index (χ0v) is 10.9. The molecule has 0 aliphatic carbocycles. The summed E-state index contributed by atoms with van der Waals surface area (Å²) in [4.78, 5) is 11.5. The van der Waals surface area contributed by atoms with Gasteiger partial charge in [0.25, 0.3) is 0 Å². The summed E-state index contributed by atoms with van der Waals surface area (Å²) in [6.07, 6.45) is -4.57. The first-order valence-corrected chi connectivity index (χ1v) is 5.73. The van der Waals surface area contributed by atoms with Gasteiger partial charge in [0, 0.05) is 13.6 Å². The number of halogens is 5. The second kappa shape index (κ2) is 5.80. The highest BCUT2D eigenvalue weighted by Gasteiger charge is 2.40. The molecule has 7 heteroatoms. The monoisotopic (exact) mass is 299 g/mol. The van der Waals surface area contributed by atoms with E-state index in [1.807, 2.05) is 0 Å². The largest absolute Gasteiger partial charge is 0.471 e. The van der Waals surface area contributed by atoms with Crippen molar-refractivity contribution >= 4 is 29.1 Å². The lowest BCUT2D eigenvalue weighted by Crippen LogP contribution is -2.39. The van der Waals surface area contributed by atoms with Gasteiger partial charge < -0.3 is 4.90 Å². The van der Waals surface area contributed by atoms with E-state index in [9.17, 15) is 18.0 Å². The Balaban J connectivity index is 2.60. The lowest BCUT2D eigenvalue weighted by Gasteiger charge is -2.18. The number of likely N-dealkylation sites (N-methyl/N-ethyl adjacent to an activating group) is 1. The molecule has 0 saturated carbocycles. The molecule has 2 nitrogen and oxygen atoms in total. The van der Waals surface area contributed by atoms with Crippen molar-refractivity contribution in [3.8, 4) is 0 Å². The third-order valence-electron chi connectivity index (χ3n) is 2.31. The van der Waals surface area contributed by atoms with Gasteiger partial charge in [-0.15, -0.1) is 0 Å². The highest BCUT2D eigenvalue weighted by Crippen LogP contribution is 2.23. The van der Waals surface area contributed by atoms with E-state index in [1.165, 1.54) is 0 Å². The average Bonchev–Trinajstić information content (AvgIpc) is 2.28. The van der Waals surface area contributed by atoms with E-state index in [0.717, 1.165) is 7.05 Å². The summed E-state index contributed by atoms with van der Waals surface area (Å²) in [6.45, 7) is -0.0453. The Morgan fingerprint density at radius 2 is 1.89 bits per heavy atom. The lowest BCUT2D eigenvalue weighted by atomic mass is 10.1.